The Kier molecular flexibility index (Phi) is 1.85. The number of carbonyl (C=O) groups is 1. The van der Waals surface area contributed by atoms with E-state index < -0.39 is 5.31 Å². The molecular formula is C6H8BClO. The van der Waals surface area contributed by atoms with Gasteiger partial charge in [-0.05, 0) is 24.4 Å². The van der Waals surface area contributed by atoms with Crippen molar-refractivity contribution >= 4 is 24.7 Å². The highest BCUT2D eigenvalue weighted by Crippen LogP contribution is 2.43. The number of rotatable bonds is 1. The van der Waals surface area contributed by atoms with Crippen LogP contribution in [0.4, 0.5) is 0 Å². The fourth-order valence-electron chi connectivity index (χ4n) is 1.20. The zero-order valence-corrected chi connectivity index (χ0v) is 5.95. The van der Waals surface area contributed by atoms with Gasteiger partial charge in [-0.15, -0.1) is 0 Å². The third-order valence-corrected chi connectivity index (χ3v) is 2.26. The van der Waals surface area contributed by atoms with Gasteiger partial charge < -0.3 is 0 Å². The smallest absolute Gasteiger partial charge is 0.219 e. The van der Waals surface area contributed by atoms with E-state index in [0.29, 0.717) is 0 Å². The SMILES string of the molecule is [B]C1(C(=O)Cl)CCCC1. The van der Waals surface area contributed by atoms with Crippen molar-refractivity contribution in [1.29, 1.82) is 0 Å². The van der Waals surface area contributed by atoms with Crippen LogP contribution >= 0.6 is 11.6 Å². The lowest BCUT2D eigenvalue weighted by Crippen LogP contribution is -2.15. The van der Waals surface area contributed by atoms with E-state index in [9.17, 15) is 4.79 Å². The molecule has 1 rings (SSSR count). The van der Waals surface area contributed by atoms with Crippen LogP contribution in [0, 0.1) is 0 Å². The molecule has 0 saturated heterocycles. The van der Waals surface area contributed by atoms with E-state index in [1.165, 1.54) is 0 Å². The topological polar surface area (TPSA) is 17.1 Å². The minimum Gasteiger partial charge on any atom is -0.282 e. The van der Waals surface area contributed by atoms with Crippen molar-refractivity contribution in [3.05, 3.63) is 0 Å². The minimum absolute atomic E-state index is 0.375. The summed E-state index contributed by atoms with van der Waals surface area (Å²) in [6.07, 6.45) is 3.59. The summed E-state index contributed by atoms with van der Waals surface area (Å²) in [5, 5.41) is -1.05. The van der Waals surface area contributed by atoms with Crippen molar-refractivity contribution in [3.63, 3.8) is 0 Å². The first kappa shape index (κ1) is 7.14. The van der Waals surface area contributed by atoms with Crippen LogP contribution in [0.1, 0.15) is 25.7 Å². The van der Waals surface area contributed by atoms with Crippen LogP contribution < -0.4 is 0 Å². The third-order valence-electron chi connectivity index (χ3n) is 1.89. The zero-order chi connectivity index (χ0) is 6.91. The van der Waals surface area contributed by atoms with Gasteiger partial charge in [0.2, 0.25) is 5.24 Å². The maximum atomic E-state index is 10.6. The molecule has 0 spiro atoms. The second kappa shape index (κ2) is 2.33. The highest BCUT2D eigenvalue weighted by molar-refractivity contribution is 6.69. The third kappa shape index (κ3) is 1.29. The molecule has 0 heterocycles. The predicted molar refractivity (Wildman–Crippen MR) is 37.8 cm³/mol. The molecule has 2 radical (unpaired) electrons. The van der Waals surface area contributed by atoms with Crippen molar-refractivity contribution in [1.82, 2.24) is 0 Å². The second-order valence-corrected chi connectivity index (χ2v) is 2.98. The molecule has 0 amide bonds. The van der Waals surface area contributed by atoms with Gasteiger partial charge in [-0.2, -0.15) is 0 Å². The van der Waals surface area contributed by atoms with Gasteiger partial charge in [0, 0.05) is 5.31 Å². The van der Waals surface area contributed by atoms with Gasteiger partial charge in [-0.3, -0.25) is 4.79 Å². The molecule has 9 heavy (non-hydrogen) atoms. The lowest BCUT2D eigenvalue weighted by atomic mass is 9.69. The molecule has 1 aliphatic carbocycles. The van der Waals surface area contributed by atoms with E-state index in [4.69, 9.17) is 19.4 Å². The lowest BCUT2D eigenvalue weighted by molar-refractivity contribution is -0.114. The molecule has 0 atom stereocenters. The van der Waals surface area contributed by atoms with Gasteiger partial charge in [0.1, 0.15) is 0 Å². The summed E-state index contributed by atoms with van der Waals surface area (Å²) in [5.41, 5.74) is 0. The summed E-state index contributed by atoms with van der Waals surface area (Å²) >= 11 is 5.26. The van der Waals surface area contributed by atoms with Crippen molar-refractivity contribution in [2.75, 3.05) is 0 Å². The number of hydrogen-bond acceptors (Lipinski definition) is 1. The van der Waals surface area contributed by atoms with Crippen molar-refractivity contribution in [3.8, 4) is 0 Å². The number of carbonyl (C=O) groups excluding carboxylic acids is 1. The van der Waals surface area contributed by atoms with E-state index in [-0.39, 0.29) is 5.24 Å². The second-order valence-electron chi connectivity index (χ2n) is 2.64. The Morgan fingerprint density at radius 2 is 1.89 bits per heavy atom. The summed E-state index contributed by atoms with van der Waals surface area (Å²) in [6.45, 7) is 0. The largest absolute Gasteiger partial charge is 0.282 e. The Labute approximate surface area is 61.2 Å². The molecule has 0 N–H and O–H groups in total. The summed E-state index contributed by atoms with van der Waals surface area (Å²) in [6, 6.07) is 0. The van der Waals surface area contributed by atoms with E-state index >= 15 is 0 Å². The van der Waals surface area contributed by atoms with Gasteiger partial charge in [-0.1, -0.05) is 12.8 Å². The first-order valence-electron chi connectivity index (χ1n) is 3.14. The van der Waals surface area contributed by atoms with Crippen molar-refractivity contribution < 1.29 is 4.79 Å². The monoisotopic (exact) mass is 142 g/mol. The fourth-order valence-corrected chi connectivity index (χ4v) is 1.39. The van der Waals surface area contributed by atoms with Crippen LogP contribution in [-0.2, 0) is 4.79 Å². The minimum atomic E-state index is -0.679. The van der Waals surface area contributed by atoms with Gasteiger partial charge in [0.25, 0.3) is 0 Å². The van der Waals surface area contributed by atoms with Gasteiger partial charge >= 0.3 is 0 Å². The Morgan fingerprint density at radius 1 is 1.44 bits per heavy atom. The molecule has 1 nitrogen and oxygen atoms in total. The first-order chi connectivity index (χ1) is 4.15. The summed E-state index contributed by atoms with van der Waals surface area (Å²) in [7, 11) is 5.62. The molecule has 0 aromatic carbocycles. The van der Waals surface area contributed by atoms with Crippen molar-refractivity contribution in [2.24, 2.45) is 0 Å². The molecule has 1 fully saturated rings. The van der Waals surface area contributed by atoms with Crippen LogP contribution in [0.5, 0.6) is 0 Å². The average Bonchev–Trinajstić information content (AvgIpc) is 2.16. The molecule has 3 heteroatoms. The highest BCUT2D eigenvalue weighted by Gasteiger charge is 2.33. The average molecular weight is 142 g/mol. The number of hydrogen-bond donors (Lipinski definition) is 0. The van der Waals surface area contributed by atoms with Gasteiger partial charge in [-0.25, -0.2) is 0 Å². The van der Waals surface area contributed by atoms with Crippen molar-refractivity contribution in [2.45, 2.75) is 31.0 Å². The maximum absolute atomic E-state index is 10.6. The summed E-state index contributed by atoms with van der Waals surface area (Å²) in [5.74, 6) is 0. The van der Waals surface area contributed by atoms with Crippen LogP contribution in [0.15, 0.2) is 0 Å². The van der Waals surface area contributed by atoms with Gasteiger partial charge in [0.05, 0.1) is 7.85 Å². The van der Waals surface area contributed by atoms with E-state index in [1.54, 1.807) is 0 Å². The van der Waals surface area contributed by atoms with Crippen LogP contribution in [0.3, 0.4) is 0 Å². The Hall–Kier alpha value is 0.0249. The number of halogens is 1. The van der Waals surface area contributed by atoms with Crippen LogP contribution in [0.2, 0.25) is 5.31 Å². The molecule has 48 valence electrons. The van der Waals surface area contributed by atoms with E-state index in [1.807, 2.05) is 0 Å². The molecule has 0 bridgehead atoms. The molecule has 0 aromatic rings. The molecule has 1 aliphatic rings. The van der Waals surface area contributed by atoms with Crippen LogP contribution in [-0.4, -0.2) is 13.1 Å². The summed E-state index contributed by atoms with van der Waals surface area (Å²) < 4.78 is 0. The molecule has 0 aromatic heterocycles. The molecule has 0 aliphatic heterocycles. The fraction of sp³-hybridized carbons (Fsp3) is 0.833. The quantitative estimate of drug-likeness (QED) is 0.402. The molecule has 0 unspecified atom stereocenters. The molecular weight excluding hydrogens is 134 g/mol. The Balaban J connectivity index is 2.61. The first-order valence-corrected chi connectivity index (χ1v) is 3.52. The lowest BCUT2D eigenvalue weighted by Gasteiger charge is -2.16. The Morgan fingerprint density at radius 3 is 2.11 bits per heavy atom. The van der Waals surface area contributed by atoms with Crippen LogP contribution in [0.25, 0.3) is 0 Å². The van der Waals surface area contributed by atoms with Gasteiger partial charge in [0.15, 0.2) is 0 Å². The maximum Gasteiger partial charge on any atom is 0.219 e. The Bertz CT molecular complexity index is 129. The summed E-state index contributed by atoms with van der Waals surface area (Å²) in [4.78, 5) is 10.6. The molecule has 1 saturated carbocycles. The highest BCUT2D eigenvalue weighted by atomic mass is 35.5. The van der Waals surface area contributed by atoms with E-state index in [2.05, 4.69) is 0 Å². The van der Waals surface area contributed by atoms with E-state index in [0.717, 1.165) is 25.7 Å². The predicted octanol–water partition coefficient (Wildman–Crippen LogP) is 1.65. The zero-order valence-electron chi connectivity index (χ0n) is 5.19. The standard InChI is InChI=1S/C6H8BClO/c7-6(5(8)9)3-1-2-4-6/h1-4H2. The normalized spacial score (nSPS) is 24.1.